The van der Waals surface area contributed by atoms with E-state index in [1.807, 2.05) is 0 Å². The fourth-order valence-electron chi connectivity index (χ4n) is 2.80. The molecule has 20 heavy (non-hydrogen) atoms. The molecular weight excluding hydrogens is 240 g/mol. The van der Waals surface area contributed by atoms with Crippen LogP contribution in [0.4, 0.5) is 0 Å². The van der Waals surface area contributed by atoms with Crippen molar-refractivity contribution in [1.82, 2.24) is 0 Å². The molecule has 0 aliphatic carbocycles. The molecule has 0 spiro atoms. The van der Waals surface area contributed by atoms with Gasteiger partial charge in [0.05, 0.1) is 0 Å². The molecule has 0 bridgehead atoms. The predicted octanol–water partition coefficient (Wildman–Crippen LogP) is 5.67. The zero-order valence-electron chi connectivity index (χ0n) is 12.6. The quantitative estimate of drug-likeness (QED) is 0.540. The second-order valence-electron chi connectivity index (χ2n) is 5.70. The third-order valence-corrected chi connectivity index (χ3v) is 4.12. The smallest absolute Gasteiger partial charge is 0.0250 e. The number of benzene rings is 2. The summed E-state index contributed by atoms with van der Waals surface area (Å²) in [6, 6.07) is 21.8. The Morgan fingerprint density at radius 3 is 1.95 bits per heavy atom. The minimum atomic E-state index is 0.841. The average molecular weight is 266 g/mol. The van der Waals surface area contributed by atoms with Gasteiger partial charge < -0.3 is 0 Å². The van der Waals surface area contributed by atoms with E-state index in [0.29, 0.717) is 0 Å². The summed E-state index contributed by atoms with van der Waals surface area (Å²) in [5.41, 5.74) is 2.96. The van der Waals surface area contributed by atoms with E-state index in [4.69, 9.17) is 0 Å². The summed E-state index contributed by atoms with van der Waals surface area (Å²) in [4.78, 5) is 0. The molecule has 0 aromatic heterocycles. The van der Waals surface area contributed by atoms with E-state index in [-0.39, 0.29) is 0 Å². The highest BCUT2D eigenvalue weighted by atomic mass is 14.1. The first-order valence-corrected chi connectivity index (χ1v) is 7.96. The van der Waals surface area contributed by atoms with Gasteiger partial charge in [-0.05, 0) is 36.3 Å². The Morgan fingerprint density at radius 2 is 1.35 bits per heavy atom. The van der Waals surface area contributed by atoms with Gasteiger partial charge in [0.15, 0.2) is 0 Å². The lowest BCUT2D eigenvalue weighted by atomic mass is 9.91. The van der Waals surface area contributed by atoms with E-state index in [2.05, 4.69) is 67.6 Å². The largest absolute Gasteiger partial charge is 0.0651 e. The van der Waals surface area contributed by atoms with Crippen LogP contribution in [0.25, 0.3) is 0 Å². The van der Waals surface area contributed by atoms with Crippen LogP contribution in [0.3, 0.4) is 0 Å². The van der Waals surface area contributed by atoms with E-state index in [1.54, 1.807) is 0 Å². The maximum absolute atomic E-state index is 2.32. The van der Waals surface area contributed by atoms with Gasteiger partial charge in [-0.2, -0.15) is 0 Å². The maximum Gasteiger partial charge on any atom is -0.0250 e. The second-order valence-corrected chi connectivity index (χ2v) is 5.70. The van der Waals surface area contributed by atoms with Gasteiger partial charge in [0, 0.05) is 0 Å². The third-order valence-electron chi connectivity index (χ3n) is 4.12. The first kappa shape index (κ1) is 14.8. The van der Waals surface area contributed by atoms with E-state index in [9.17, 15) is 0 Å². The summed E-state index contributed by atoms with van der Waals surface area (Å²) in [6.07, 6.45) is 7.78. The Labute approximate surface area is 123 Å². The van der Waals surface area contributed by atoms with Gasteiger partial charge in [0.1, 0.15) is 0 Å². The molecule has 0 heterocycles. The fourth-order valence-corrected chi connectivity index (χ4v) is 2.80. The van der Waals surface area contributed by atoms with Crippen molar-refractivity contribution in [3.8, 4) is 0 Å². The lowest BCUT2D eigenvalue weighted by Crippen LogP contribution is -2.03. The van der Waals surface area contributed by atoms with Crippen LogP contribution in [-0.4, -0.2) is 0 Å². The molecule has 0 radical (unpaired) electrons. The highest BCUT2D eigenvalue weighted by Crippen LogP contribution is 2.19. The zero-order chi connectivity index (χ0) is 14.0. The normalized spacial score (nSPS) is 12.2. The van der Waals surface area contributed by atoms with E-state index in [0.717, 1.165) is 5.92 Å². The van der Waals surface area contributed by atoms with Gasteiger partial charge in [0.25, 0.3) is 0 Å². The predicted molar refractivity (Wildman–Crippen MR) is 87.9 cm³/mol. The Bertz CT molecular complexity index is 458. The zero-order valence-corrected chi connectivity index (χ0v) is 12.6. The molecule has 1 unspecified atom stereocenters. The number of hydrogen-bond acceptors (Lipinski definition) is 0. The first-order chi connectivity index (χ1) is 9.88. The summed E-state index contributed by atoms with van der Waals surface area (Å²) in [5, 5.41) is 0. The molecule has 0 saturated heterocycles. The Kier molecular flexibility index (Phi) is 6.37. The van der Waals surface area contributed by atoms with Gasteiger partial charge in [-0.25, -0.2) is 0 Å². The topological polar surface area (TPSA) is 0 Å². The number of aryl methyl sites for hydroxylation is 1. The summed E-state index contributed by atoms with van der Waals surface area (Å²) < 4.78 is 0. The van der Waals surface area contributed by atoms with Crippen LogP contribution in [0.2, 0.25) is 0 Å². The van der Waals surface area contributed by atoms with Gasteiger partial charge in [-0.15, -0.1) is 0 Å². The van der Waals surface area contributed by atoms with Gasteiger partial charge >= 0.3 is 0 Å². The molecule has 106 valence electrons. The molecule has 0 saturated carbocycles. The molecule has 0 heteroatoms. The molecular formula is C20H26. The van der Waals surface area contributed by atoms with Crippen LogP contribution in [0.1, 0.15) is 43.7 Å². The van der Waals surface area contributed by atoms with E-state index < -0.39 is 0 Å². The molecule has 0 aliphatic heterocycles. The van der Waals surface area contributed by atoms with Crippen molar-refractivity contribution < 1.29 is 0 Å². The highest BCUT2D eigenvalue weighted by Gasteiger charge is 2.07. The Morgan fingerprint density at radius 1 is 0.750 bits per heavy atom. The molecule has 2 rings (SSSR count). The number of rotatable bonds is 8. The van der Waals surface area contributed by atoms with Crippen molar-refractivity contribution in [2.75, 3.05) is 0 Å². The van der Waals surface area contributed by atoms with Gasteiger partial charge in [0.2, 0.25) is 0 Å². The van der Waals surface area contributed by atoms with Crippen LogP contribution < -0.4 is 0 Å². The van der Waals surface area contributed by atoms with Crippen LogP contribution in [-0.2, 0) is 12.8 Å². The van der Waals surface area contributed by atoms with E-state index in [1.165, 1.54) is 49.7 Å². The molecule has 0 nitrogen and oxygen atoms in total. The summed E-state index contributed by atoms with van der Waals surface area (Å²) in [7, 11) is 0. The fraction of sp³-hybridized carbons (Fsp3) is 0.400. The average Bonchev–Trinajstić information content (AvgIpc) is 2.52. The minimum Gasteiger partial charge on any atom is -0.0651 e. The lowest BCUT2D eigenvalue weighted by molar-refractivity contribution is 0.444. The molecule has 2 aromatic rings. The molecule has 0 N–H and O–H groups in total. The van der Waals surface area contributed by atoms with Crippen molar-refractivity contribution in [3.05, 3.63) is 71.8 Å². The van der Waals surface area contributed by atoms with Gasteiger partial charge in [-0.1, -0.05) is 86.8 Å². The van der Waals surface area contributed by atoms with Crippen LogP contribution in [0.5, 0.6) is 0 Å². The van der Waals surface area contributed by atoms with Crippen molar-refractivity contribution in [3.63, 3.8) is 0 Å². The standard InChI is InChI=1S/C20H26/c1-2-18(17-20-15-7-4-8-16-20)11-9-10-14-19-12-5-3-6-13-19/h3-8,12-13,15-16,18H,2,9-11,14,17H2,1H3. The minimum absolute atomic E-state index is 0.841. The van der Waals surface area contributed by atoms with Crippen molar-refractivity contribution >= 4 is 0 Å². The SMILES string of the molecule is CCC(CCCCc1ccccc1)Cc1ccccc1. The number of hydrogen-bond donors (Lipinski definition) is 0. The van der Waals surface area contributed by atoms with Crippen molar-refractivity contribution in [1.29, 1.82) is 0 Å². The Balaban J connectivity index is 1.69. The Hall–Kier alpha value is -1.56. The van der Waals surface area contributed by atoms with Crippen molar-refractivity contribution in [2.24, 2.45) is 5.92 Å². The van der Waals surface area contributed by atoms with Crippen LogP contribution in [0, 0.1) is 5.92 Å². The van der Waals surface area contributed by atoms with Crippen LogP contribution >= 0.6 is 0 Å². The number of unbranched alkanes of at least 4 members (excludes halogenated alkanes) is 1. The molecule has 0 aliphatic rings. The summed E-state index contributed by atoms with van der Waals surface area (Å²) in [6.45, 7) is 2.32. The maximum atomic E-state index is 2.32. The highest BCUT2D eigenvalue weighted by molar-refractivity contribution is 5.15. The van der Waals surface area contributed by atoms with Crippen LogP contribution in [0.15, 0.2) is 60.7 Å². The van der Waals surface area contributed by atoms with E-state index >= 15 is 0 Å². The molecule has 1 atom stereocenters. The summed E-state index contributed by atoms with van der Waals surface area (Å²) >= 11 is 0. The molecule has 0 fully saturated rings. The summed E-state index contributed by atoms with van der Waals surface area (Å²) in [5.74, 6) is 0.841. The first-order valence-electron chi connectivity index (χ1n) is 7.96. The van der Waals surface area contributed by atoms with Crippen molar-refractivity contribution in [2.45, 2.75) is 45.4 Å². The van der Waals surface area contributed by atoms with Gasteiger partial charge in [-0.3, -0.25) is 0 Å². The third kappa shape index (κ3) is 5.21. The molecule has 2 aromatic carbocycles. The molecule has 0 amide bonds. The second kappa shape index (κ2) is 8.58. The monoisotopic (exact) mass is 266 g/mol. The lowest BCUT2D eigenvalue weighted by Gasteiger charge is -2.14.